The van der Waals surface area contributed by atoms with E-state index in [4.69, 9.17) is 0 Å². The smallest absolute Gasteiger partial charge is 0.195 e. The number of hydrogen-bond acceptors (Lipinski definition) is 2. The van der Waals surface area contributed by atoms with E-state index >= 15 is 0 Å². The van der Waals surface area contributed by atoms with Crippen molar-refractivity contribution in [3.8, 4) is 0 Å². The molecule has 0 unspecified atom stereocenters. The summed E-state index contributed by atoms with van der Waals surface area (Å²) in [6, 6.07) is 0. The molecule has 0 saturated carbocycles. The Bertz CT molecular complexity index is 391. The van der Waals surface area contributed by atoms with Crippen LogP contribution >= 0.6 is 0 Å². The molecule has 1 aliphatic heterocycles. The van der Waals surface area contributed by atoms with Gasteiger partial charge in [0.1, 0.15) is 0 Å². The summed E-state index contributed by atoms with van der Waals surface area (Å²) in [4.78, 5) is 0. The summed E-state index contributed by atoms with van der Waals surface area (Å²) in [6.45, 7) is 13.7. The van der Waals surface area contributed by atoms with Crippen LogP contribution in [0.4, 0.5) is 0 Å². The second-order valence-electron chi connectivity index (χ2n) is 6.53. The lowest BCUT2D eigenvalue weighted by Crippen LogP contribution is -2.58. The van der Waals surface area contributed by atoms with E-state index in [1.165, 1.54) is 4.31 Å². The first-order valence-electron chi connectivity index (χ1n) is 5.57. The molecule has 1 saturated heterocycles. The van der Waals surface area contributed by atoms with Crippen LogP contribution < -0.4 is 0 Å². The molecular formula is C11H24N2O2S. The van der Waals surface area contributed by atoms with Crippen molar-refractivity contribution in [3.63, 3.8) is 0 Å². The average Bonchev–Trinajstić information content (AvgIpc) is 2.05. The van der Waals surface area contributed by atoms with Crippen molar-refractivity contribution in [1.82, 2.24) is 8.61 Å². The lowest BCUT2D eigenvalue weighted by molar-refractivity contribution is 0.0691. The summed E-state index contributed by atoms with van der Waals surface area (Å²) >= 11 is 0. The number of nitrogens with zero attached hydrogens (tertiary/aromatic N) is 2. The van der Waals surface area contributed by atoms with Gasteiger partial charge in [-0.05, 0) is 48.5 Å². The van der Waals surface area contributed by atoms with Crippen molar-refractivity contribution in [3.05, 3.63) is 0 Å². The zero-order chi connectivity index (χ0) is 13.2. The van der Waals surface area contributed by atoms with Crippen LogP contribution in [0.5, 0.6) is 0 Å². The van der Waals surface area contributed by atoms with E-state index in [0.29, 0.717) is 0 Å². The van der Waals surface area contributed by atoms with Gasteiger partial charge in [-0.3, -0.25) is 0 Å². The molecule has 0 radical (unpaired) electrons. The molecule has 5 heteroatoms. The number of hydrogen-bond donors (Lipinski definition) is 0. The lowest BCUT2D eigenvalue weighted by atomic mass is 9.81. The van der Waals surface area contributed by atoms with Crippen LogP contribution in [0.1, 0.15) is 48.5 Å². The van der Waals surface area contributed by atoms with Crippen molar-refractivity contribution in [2.75, 3.05) is 7.05 Å². The molecule has 0 aromatic rings. The van der Waals surface area contributed by atoms with Gasteiger partial charge in [0.25, 0.3) is 10.2 Å². The van der Waals surface area contributed by atoms with Gasteiger partial charge in [0, 0.05) is 12.6 Å². The van der Waals surface area contributed by atoms with Crippen LogP contribution in [0.25, 0.3) is 0 Å². The molecule has 1 heterocycles. The maximum atomic E-state index is 12.4. The molecule has 0 spiro atoms. The Kier molecular flexibility index (Phi) is 2.79. The second-order valence-corrected chi connectivity index (χ2v) is 8.34. The van der Waals surface area contributed by atoms with Gasteiger partial charge >= 0.3 is 0 Å². The molecule has 1 aliphatic rings. The molecule has 1 fully saturated rings. The predicted molar refractivity (Wildman–Crippen MR) is 66.4 cm³/mol. The van der Waals surface area contributed by atoms with Gasteiger partial charge in [-0.1, -0.05) is 0 Å². The highest BCUT2D eigenvalue weighted by atomic mass is 32.2. The highest BCUT2D eigenvalue weighted by Gasteiger charge is 2.62. The molecule has 1 rings (SSSR count). The Morgan fingerprint density at radius 1 is 0.938 bits per heavy atom. The summed E-state index contributed by atoms with van der Waals surface area (Å²) in [5.41, 5.74) is -1.26. The summed E-state index contributed by atoms with van der Waals surface area (Å²) in [5, 5.41) is 0. The van der Waals surface area contributed by atoms with E-state index < -0.39 is 26.8 Å². The molecule has 0 amide bonds. The molecule has 16 heavy (non-hydrogen) atoms. The lowest BCUT2D eigenvalue weighted by Gasteiger charge is -2.44. The summed E-state index contributed by atoms with van der Waals surface area (Å²) in [5.74, 6) is 0. The maximum absolute atomic E-state index is 12.4. The van der Waals surface area contributed by atoms with Crippen molar-refractivity contribution in [2.45, 2.75) is 65.1 Å². The summed E-state index contributed by atoms with van der Waals surface area (Å²) in [6.07, 6.45) is 0. The molecule has 0 atom stereocenters. The summed E-state index contributed by atoms with van der Waals surface area (Å²) < 4.78 is 27.9. The first-order chi connectivity index (χ1) is 6.77. The van der Waals surface area contributed by atoms with Crippen LogP contribution in [0.3, 0.4) is 0 Å². The first-order valence-corrected chi connectivity index (χ1v) is 6.96. The summed E-state index contributed by atoms with van der Waals surface area (Å²) in [7, 11) is -1.72. The van der Waals surface area contributed by atoms with E-state index in [1.54, 1.807) is 11.4 Å². The number of rotatable bonds is 0. The molecule has 0 aliphatic carbocycles. The quantitative estimate of drug-likeness (QED) is 0.656. The van der Waals surface area contributed by atoms with E-state index in [9.17, 15) is 8.42 Å². The van der Waals surface area contributed by atoms with E-state index in [2.05, 4.69) is 0 Å². The normalized spacial score (nSPS) is 29.5. The topological polar surface area (TPSA) is 40.6 Å². The minimum atomic E-state index is -3.37. The highest BCUT2D eigenvalue weighted by Crippen LogP contribution is 2.47. The van der Waals surface area contributed by atoms with Gasteiger partial charge in [-0.25, -0.2) is 0 Å². The number of likely N-dealkylation sites (N-methyl/N-ethyl adjacent to an activating group) is 1. The Morgan fingerprint density at radius 2 is 1.31 bits per heavy atom. The van der Waals surface area contributed by atoms with Crippen molar-refractivity contribution in [1.29, 1.82) is 0 Å². The van der Waals surface area contributed by atoms with Crippen molar-refractivity contribution >= 4 is 10.2 Å². The van der Waals surface area contributed by atoms with Crippen molar-refractivity contribution in [2.24, 2.45) is 0 Å². The maximum Gasteiger partial charge on any atom is 0.283 e. The molecule has 96 valence electrons. The molecule has 0 aromatic carbocycles. The Labute approximate surface area is 99.8 Å². The van der Waals surface area contributed by atoms with E-state index in [-0.39, 0.29) is 0 Å². The minimum Gasteiger partial charge on any atom is -0.195 e. The van der Waals surface area contributed by atoms with Crippen LogP contribution in [0.2, 0.25) is 0 Å². The zero-order valence-corrected chi connectivity index (χ0v) is 12.4. The SMILES string of the molecule is CN1C(C)(C)C(C)(C)N(C(C)(C)C)S1(=O)=O. The van der Waals surface area contributed by atoms with Gasteiger partial charge in [-0.15, -0.1) is 0 Å². The standard InChI is InChI=1S/C11H24N2O2S/c1-9(2,3)13-11(6,7)10(4,5)12(8)16(13,14)15/h1-8H3. The highest BCUT2D eigenvalue weighted by molar-refractivity contribution is 7.87. The van der Waals surface area contributed by atoms with Gasteiger partial charge < -0.3 is 0 Å². The third-order valence-corrected chi connectivity index (χ3v) is 6.59. The van der Waals surface area contributed by atoms with Crippen molar-refractivity contribution < 1.29 is 8.42 Å². The zero-order valence-electron chi connectivity index (χ0n) is 11.6. The third kappa shape index (κ3) is 1.52. The monoisotopic (exact) mass is 248 g/mol. The fourth-order valence-electron chi connectivity index (χ4n) is 2.52. The third-order valence-electron chi connectivity index (χ3n) is 3.98. The first kappa shape index (κ1) is 13.9. The largest absolute Gasteiger partial charge is 0.283 e. The van der Waals surface area contributed by atoms with Crippen LogP contribution in [0.15, 0.2) is 0 Å². The molecule has 0 N–H and O–H groups in total. The van der Waals surface area contributed by atoms with Gasteiger partial charge in [0.15, 0.2) is 0 Å². The Balaban J connectivity index is 3.51. The molecule has 4 nitrogen and oxygen atoms in total. The Hall–Kier alpha value is -0.130. The van der Waals surface area contributed by atoms with Gasteiger partial charge in [0.2, 0.25) is 0 Å². The molecular weight excluding hydrogens is 224 g/mol. The van der Waals surface area contributed by atoms with Crippen LogP contribution in [-0.2, 0) is 10.2 Å². The van der Waals surface area contributed by atoms with Gasteiger partial charge in [0.05, 0.1) is 11.1 Å². The van der Waals surface area contributed by atoms with Crippen LogP contribution in [0, 0.1) is 0 Å². The van der Waals surface area contributed by atoms with E-state index in [0.717, 1.165) is 0 Å². The fourth-order valence-corrected chi connectivity index (χ4v) is 5.06. The Morgan fingerprint density at radius 3 is 1.44 bits per heavy atom. The van der Waals surface area contributed by atoms with Gasteiger partial charge in [-0.2, -0.15) is 17.0 Å². The predicted octanol–water partition coefficient (Wildman–Crippen LogP) is 1.83. The second kappa shape index (κ2) is 3.21. The molecule has 0 bridgehead atoms. The fraction of sp³-hybridized carbons (Fsp3) is 1.00. The van der Waals surface area contributed by atoms with E-state index in [1.807, 2.05) is 48.5 Å². The van der Waals surface area contributed by atoms with Crippen LogP contribution in [-0.4, -0.2) is 40.7 Å². The molecule has 0 aromatic heterocycles. The average molecular weight is 248 g/mol. The minimum absolute atomic E-state index is 0.412.